The Morgan fingerprint density at radius 3 is 2.96 bits per heavy atom. The number of ether oxygens (including phenoxy) is 1. The fourth-order valence-corrected chi connectivity index (χ4v) is 2.80. The smallest absolute Gasteiger partial charge is 0.141 e. The highest BCUT2D eigenvalue weighted by molar-refractivity contribution is 5.69. The molecule has 1 aromatic carbocycles. The van der Waals surface area contributed by atoms with Gasteiger partial charge < -0.3 is 15.2 Å². The first-order valence-corrected chi connectivity index (χ1v) is 8.29. The average molecular weight is 312 g/mol. The average Bonchev–Trinajstić information content (AvgIpc) is 2.53. The molecule has 0 spiro atoms. The standard InChI is InChI=1S/C19H24N2O2/c1-14-18(16-6-2-4-15(10-16)5-3-9-22)11-20-12-19(14)23-13-17-7-8-21-17/h2,4,6,10-12,17,21-22H,3,5,7-9,13H2,1H3. The molecule has 1 aromatic heterocycles. The molecule has 23 heavy (non-hydrogen) atoms. The van der Waals surface area contributed by atoms with Gasteiger partial charge in [0.2, 0.25) is 0 Å². The molecule has 2 heterocycles. The highest BCUT2D eigenvalue weighted by atomic mass is 16.5. The zero-order chi connectivity index (χ0) is 16.1. The largest absolute Gasteiger partial charge is 0.490 e. The normalized spacial score (nSPS) is 16.9. The molecule has 0 amide bonds. The molecule has 4 heteroatoms. The topological polar surface area (TPSA) is 54.4 Å². The minimum Gasteiger partial charge on any atom is -0.490 e. The van der Waals surface area contributed by atoms with Crippen molar-refractivity contribution in [2.75, 3.05) is 19.8 Å². The van der Waals surface area contributed by atoms with Crippen LogP contribution >= 0.6 is 0 Å². The fraction of sp³-hybridized carbons (Fsp3) is 0.421. The molecule has 1 unspecified atom stereocenters. The summed E-state index contributed by atoms with van der Waals surface area (Å²) in [6.07, 6.45) is 6.56. The van der Waals surface area contributed by atoms with Gasteiger partial charge >= 0.3 is 0 Å². The number of aliphatic hydroxyl groups is 1. The van der Waals surface area contributed by atoms with Gasteiger partial charge in [-0.2, -0.15) is 0 Å². The molecule has 1 atom stereocenters. The van der Waals surface area contributed by atoms with Gasteiger partial charge in [-0.3, -0.25) is 4.98 Å². The number of nitrogens with zero attached hydrogens (tertiary/aromatic N) is 1. The number of aromatic nitrogens is 1. The maximum atomic E-state index is 8.99. The maximum Gasteiger partial charge on any atom is 0.141 e. The van der Waals surface area contributed by atoms with Gasteiger partial charge in [-0.25, -0.2) is 0 Å². The van der Waals surface area contributed by atoms with E-state index in [0.29, 0.717) is 12.6 Å². The van der Waals surface area contributed by atoms with E-state index in [2.05, 4.69) is 41.5 Å². The second kappa shape index (κ2) is 7.57. The summed E-state index contributed by atoms with van der Waals surface area (Å²) >= 11 is 0. The number of hydrogen-bond acceptors (Lipinski definition) is 4. The monoisotopic (exact) mass is 312 g/mol. The van der Waals surface area contributed by atoms with Crippen LogP contribution in [0.5, 0.6) is 5.75 Å². The first kappa shape index (κ1) is 16.0. The summed E-state index contributed by atoms with van der Waals surface area (Å²) in [6, 6.07) is 8.92. The lowest BCUT2D eigenvalue weighted by molar-refractivity contribution is 0.216. The highest BCUT2D eigenvalue weighted by Crippen LogP contribution is 2.29. The highest BCUT2D eigenvalue weighted by Gasteiger charge is 2.17. The van der Waals surface area contributed by atoms with Crippen LogP contribution in [0.2, 0.25) is 0 Å². The predicted octanol–water partition coefficient (Wildman–Crippen LogP) is 2.72. The molecular weight excluding hydrogens is 288 g/mol. The molecule has 4 nitrogen and oxygen atoms in total. The van der Waals surface area contributed by atoms with Gasteiger partial charge in [0.25, 0.3) is 0 Å². The van der Waals surface area contributed by atoms with E-state index in [4.69, 9.17) is 9.84 Å². The molecule has 1 aliphatic heterocycles. The van der Waals surface area contributed by atoms with Crippen molar-refractivity contribution in [2.45, 2.75) is 32.2 Å². The van der Waals surface area contributed by atoms with Gasteiger partial charge in [-0.1, -0.05) is 24.3 Å². The summed E-state index contributed by atoms with van der Waals surface area (Å²) in [5.74, 6) is 0.858. The molecule has 2 aromatic rings. The molecule has 0 saturated carbocycles. The van der Waals surface area contributed by atoms with E-state index in [1.807, 2.05) is 6.20 Å². The summed E-state index contributed by atoms with van der Waals surface area (Å²) in [7, 11) is 0. The number of aliphatic hydroxyl groups excluding tert-OH is 1. The lowest BCUT2D eigenvalue weighted by Gasteiger charge is -2.27. The lowest BCUT2D eigenvalue weighted by atomic mass is 9.99. The van der Waals surface area contributed by atoms with Crippen LogP contribution in [0.1, 0.15) is 24.0 Å². The van der Waals surface area contributed by atoms with Crippen molar-refractivity contribution in [2.24, 2.45) is 0 Å². The molecule has 1 fully saturated rings. The zero-order valence-electron chi connectivity index (χ0n) is 13.6. The number of nitrogens with one attached hydrogen (secondary N) is 1. The van der Waals surface area contributed by atoms with E-state index < -0.39 is 0 Å². The lowest BCUT2D eigenvalue weighted by Crippen LogP contribution is -2.46. The summed E-state index contributed by atoms with van der Waals surface area (Å²) < 4.78 is 5.94. The Kier molecular flexibility index (Phi) is 5.26. The predicted molar refractivity (Wildman–Crippen MR) is 91.7 cm³/mol. The molecule has 0 aliphatic carbocycles. The third-order valence-electron chi connectivity index (χ3n) is 4.40. The van der Waals surface area contributed by atoms with E-state index in [1.165, 1.54) is 12.0 Å². The van der Waals surface area contributed by atoms with E-state index in [-0.39, 0.29) is 6.61 Å². The maximum absolute atomic E-state index is 8.99. The summed E-state index contributed by atoms with van der Waals surface area (Å²) in [5, 5.41) is 12.3. The molecule has 2 N–H and O–H groups in total. The summed E-state index contributed by atoms with van der Waals surface area (Å²) in [4.78, 5) is 4.35. The number of hydrogen-bond donors (Lipinski definition) is 2. The molecule has 0 radical (unpaired) electrons. The van der Waals surface area contributed by atoms with Gasteiger partial charge in [-0.15, -0.1) is 0 Å². The van der Waals surface area contributed by atoms with Crippen LogP contribution in [0.25, 0.3) is 11.1 Å². The number of benzene rings is 1. The van der Waals surface area contributed by atoms with Crippen molar-refractivity contribution in [1.82, 2.24) is 10.3 Å². The Labute approximate surface area is 137 Å². The van der Waals surface area contributed by atoms with Crippen LogP contribution in [0.4, 0.5) is 0 Å². The van der Waals surface area contributed by atoms with Crippen molar-refractivity contribution in [1.29, 1.82) is 0 Å². The van der Waals surface area contributed by atoms with E-state index in [9.17, 15) is 0 Å². The third kappa shape index (κ3) is 3.89. The van der Waals surface area contributed by atoms with Crippen molar-refractivity contribution in [3.05, 3.63) is 47.8 Å². The van der Waals surface area contributed by atoms with Gasteiger partial charge in [-0.05, 0) is 43.9 Å². The SMILES string of the molecule is Cc1c(OCC2CCN2)cncc1-c1cccc(CCCO)c1. The fourth-order valence-electron chi connectivity index (χ4n) is 2.80. The Hall–Kier alpha value is -1.91. The molecular formula is C19H24N2O2. The molecule has 1 aliphatic rings. The van der Waals surface area contributed by atoms with Crippen LogP contribution in [0.3, 0.4) is 0 Å². The van der Waals surface area contributed by atoms with Crippen LogP contribution in [0, 0.1) is 6.92 Å². The van der Waals surface area contributed by atoms with Crippen LogP contribution in [0.15, 0.2) is 36.7 Å². The van der Waals surface area contributed by atoms with E-state index in [0.717, 1.165) is 41.8 Å². The second-order valence-corrected chi connectivity index (χ2v) is 6.09. The first-order valence-electron chi connectivity index (χ1n) is 8.29. The zero-order valence-corrected chi connectivity index (χ0v) is 13.6. The van der Waals surface area contributed by atoms with Crippen molar-refractivity contribution >= 4 is 0 Å². The molecule has 3 rings (SSSR count). The molecule has 122 valence electrons. The van der Waals surface area contributed by atoms with Gasteiger partial charge in [0.15, 0.2) is 0 Å². The Morgan fingerprint density at radius 2 is 2.22 bits per heavy atom. The minimum atomic E-state index is 0.226. The number of rotatable bonds is 7. The third-order valence-corrected chi connectivity index (χ3v) is 4.40. The van der Waals surface area contributed by atoms with Crippen LogP contribution < -0.4 is 10.1 Å². The Morgan fingerprint density at radius 1 is 1.35 bits per heavy atom. The van der Waals surface area contributed by atoms with Crippen LogP contribution in [-0.4, -0.2) is 35.9 Å². The quantitative estimate of drug-likeness (QED) is 0.825. The number of pyridine rings is 1. The van der Waals surface area contributed by atoms with Gasteiger partial charge in [0.1, 0.15) is 12.4 Å². The first-order chi connectivity index (χ1) is 11.3. The molecule has 0 bridgehead atoms. The van der Waals surface area contributed by atoms with Crippen molar-refractivity contribution < 1.29 is 9.84 Å². The minimum absolute atomic E-state index is 0.226. The number of aryl methyl sites for hydroxylation is 1. The second-order valence-electron chi connectivity index (χ2n) is 6.09. The van der Waals surface area contributed by atoms with Gasteiger partial charge in [0, 0.05) is 30.0 Å². The molecule has 1 saturated heterocycles. The van der Waals surface area contributed by atoms with Crippen molar-refractivity contribution in [3.63, 3.8) is 0 Å². The van der Waals surface area contributed by atoms with Crippen molar-refractivity contribution in [3.8, 4) is 16.9 Å². The Balaban J connectivity index is 1.78. The van der Waals surface area contributed by atoms with E-state index >= 15 is 0 Å². The summed E-state index contributed by atoms with van der Waals surface area (Å²) in [6.45, 7) is 4.10. The van der Waals surface area contributed by atoms with Crippen LogP contribution in [-0.2, 0) is 6.42 Å². The van der Waals surface area contributed by atoms with Gasteiger partial charge in [0.05, 0.1) is 6.20 Å². The Bertz CT molecular complexity index is 654. The van der Waals surface area contributed by atoms with E-state index in [1.54, 1.807) is 6.20 Å². The summed E-state index contributed by atoms with van der Waals surface area (Å²) in [5.41, 5.74) is 4.62.